The Morgan fingerprint density at radius 3 is 2.22 bits per heavy atom. The first-order chi connectivity index (χ1) is 8.54. The van der Waals surface area contributed by atoms with Crippen LogP contribution < -0.4 is 14.8 Å². The van der Waals surface area contributed by atoms with Gasteiger partial charge in [0.2, 0.25) is 11.8 Å². The molecule has 0 amide bonds. The van der Waals surface area contributed by atoms with Crippen LogP contribution in [0.3, 0.4) is 0 Å². The van der Waals surface area contributed by atoms with E-state index in [1.807, 2.05) is 13.8 Å². The molecular weight excluding hydrogens is 234 g/mol. The summed E-state index contributed by atoms with van der Waals surface area (Å²) in [6.07, 6.45) is 1.40. The molecule has 0 aromatic carbocycles. The van der Waals surface area contributed by atoms with Crippen molar-refractivity contribution in [2.24, 2.45) is 5.41 Å². The van der Waals surface area contributed by atoms with E-state index >= 15 is 0 Å². The Hall–Kier alpha value is -1.40. The highest BCUT2D eigenvalue weighted by Crippen LogP contribution is 2.23. The first-order valence-corrected chi connectivity index (χ1v) is 5.77. The van der Waals surface area contributed by atoms with E-state index in [2.05, 4.69) is 15.3 Å². The number of rotatable bonds is 7. The standard InChI is InChI=1S/C12H21N3O3/c1-12(2,7-16)6-13-5-9-10(17-3)14-8-15-11(9)18-4/h8,13,16H,5-7H2,1-4H3. The molecule has 18 heavy (non-hydrogen) atoms. The minimum Gasteiger partial charge on any atom is -0.481 e. The van der Waals surface area contributed by atoms with Gasteiger partial charge in [-0.3, -0.25) is 0 Å². The maximum absolute atomic E-state index is 9.18. The van der Waals surface area contributed by atoms with E-state index in [0.29, 0.717) is 24.8 Å². The van der Waals surface area contributed by atoms with E-state index < -0.39 is 0 Å². The van der Waals surface area contributed by atoms with Crippen LogP contribution in [-0.2, 0) is 6.54 Å². The summed E-state index contributed by atoms with van der Waals surface area (Å²) < 4.78 is 10.4. The molecule has 0 bridgehead atoms. The van der Waals surface area contributed by atoms with Gasteiger partial charge in [0.25, 0.3) is 0 Å². The van der Waals surface area contributed by atoms with Gasteiger partial charge in [-0.15, -0.1) is 0 Å². The molecule has 0 aliphatic heterocycles. The van der Waals surface area contributed by atoms with Crippen LogP contribution in [0.15, 0.2) is 6.33 Å². The van der Waals surface area contributed by atoms with Gasteiger partial charge in [0, 0.05) is 25.1 Å². The van der Waals surface area contributed by atoms with Crippen molar-refractivity contribution in [3.05, 3.63) is 11.9 Å². The molecule has 0 radical (unpaired) electrons. The third-order valence-corrected chi connectivity index (χ3v) is 2.59. The number of aliphatic hydroxyl groups is 1. The second kappa shape index (κ2) is 6.51. The molecule has 1 rings (SSSR count). The molecular formula is C12H21N3O3. The van der Waals surface area contributed by atoms with Gasteiger partial charge < -0.3 is 19.9 Å². The zero-order valence-corrected chi connectivity index (χ0v) is 11.4. The van der Waals surface area contributed by atoms with Crippen LogP contribution in [0.5, 0.6) is 11.8 Å². The predicted molar refractivity (Wildman–Crippen MR) is 67.7 cm³/mol. The predicted octanol–water partition coefficient (Wildman–Crippen LogP) is 0.602. The summed E-state index contributed by atoms with van der Waals surface area (Å²) in [5, 5.41) is 12.4. The fourth-order valence-corrected chi connectivity index (χ4v) is 1.47. The van der Waals surface area contributed by atoms with Gasteiger partial charge in [0.15, 0.2) is 0 Å². The van der Waals surface area contributed by atoms with Crippen molar-refractivity contribution >= 4 is 0 Å². The fraction of sp³-hybridized carbons (Fsp3) is 0.667. The van der Waals surface area contributed by atoms with Crippen LogP contribution in [0, 0.1) is 5.41 Å². The number of hydrogen-bond acceptors (Lipinski definition) is 6. The Morgan fingerprint density at radius 1 is 1.22 bits per heavy atom. The average molecular weight is 255 g/mol. The Kier molecular flexibility index (Phi) is 5.30. The van der Waals surface area contributed by atoms with E-state index in [-0.39, 0.29) is 12.0 Å². The quantitative estimate of drug-likeness (QED) is 0.743. The normalized spacial score (nSPS) is 11.4. The number of aromatic nitrogens is 2. The van der Waals surface area contributed by atoms with Crippen molar-refractivity contribution in [2.75, 3.05) is 27.4 Å². The molecule has 0 atom stereocenters. The van der Waals surface area contributed by atoms with Gasteiger partial charge in [0.1, 0.15) is 6.33 Å². The monoisotopic (exact) mass is 255 g/mol. The Labute approximate surface area is 107 Å². The summed E-state index contributed by atoms with van der Waals surface area (Å²) in [5.41, 5.74) is 0.604. The molecule has 1 aromatic rings. The topological polar surface area (TPSA) is 76.5 Å². The largest absolute Gasteiger partial charge is 0.481 e. The lowest BCUT2D eigenvalue weighted by Gasteiger charge is -2.22. The van der Waals surface area contributed by atoms with Crippen molar-refractivity contribution in [1.29, 1.82) is 0 Å². The van der Waals surface area contributed by atoms with Gasteiger partial charge >= 0.3 is 0 Å². The third-order valence-electron chi connectivity index (χ3n) is 2.59. The molecule has 0 unspecified atom stereocenters. The summed E-state index contributed by atoms with van der Waals surface area (Å²) in [6, 6.07) is 0. The van der Waals surface area contributed by atoms with Gasteiger partial charge in [-0.2, -0.15) is 0 Å². The molecule has 0 spiro atoms. The first-order valence-electron chi connectivity index (χ1n) is 5.77. The summed E-state index contributed by atoms with van der Waals surface area (Å²) in [6.45, 7) is 5.28. The fourth-order valence-electron chi connectivity index (χ4n) is 1.47. The van der Waals surface area contributed by atoms with Gasteiger partial charge in [-0.05, 0) is 0 Å². The molecule has 0 saturated heterocycles. The summed E-state index contributed by atoms with van der Waals surface area (Å²) in [4.78, 5) is 8.08. The van der Waals surface area contributed by atoms with E-state index in [9.17, 15) is 5.11 Å². The molecule has 0 aliphatic rings. The molecule has 1 heterocycles. The van der Waals surface area contributed by atoms with Gasteiger partial charge in [0.05, 0.1) is 19.8 Å². The highest BCUT2D eigenvalue weighted by atomic mass is 16.5. The molecule has 2 N–H and O–H groups in total. The van der Waals surface area contributed by atoms with Crippen molar-refractivity contribution < 1.29 is 14.6 Å². The van der Waals surface area contributed by atoms with Crippen molar-refractivity contribution in [3.63, 3.8) is 0 Å². The number of hydrogen-bond donors (Lipinski definition) is 2. The van der Waals surface area contributed by atoms with Crippen LogP contribution in [0.2, 0.25) is 0 Å². The maximum atomic E-state index is 9.18. The summed E-state index contributed by atoms with van der Waals surface area (Å²) in [7, 11) is 3.12. The number of nitrogens with one attached hydrogen (secondary N) is 1. The highest BCUT2D eigenvalue weighted by Gasteiger charge is 2.17. The molecule has 6 heteroatoms. The van der Waals surface area contributed by atoms with E-state index in [1.54, 1.807) is 14.2 Å². The smallest absolute Gasteiger partial charge is 0.224 e. The Balaban J connectivity index is 2.71. The zero-order chi connectivity index (χ0) is 13.6. The summed E-state index contributed by atoms with van der Waals surface area (Å²) >= 11 is 0. The molecule has 0 saturated carbocycles. The molecule has 1 aromatic heterocycles. The minimum absolute atomic E-state index is 0.125. The second-order valence-electron chi connectivity index (χ2n) is 4.80. The van der Waals surface area contributed by atoms with E-state index in [0.717, 1.165) is 5.56 Å². The first kappa shape index (κ1) is 14.7. The molecule has 0 aliphatic carbocycles. The van der Waals surface area contributed by atoms with Crippen LogP contribution >= 0.6 is 0 Å². The molecule has 102 valence electrons. The van der Waals surface area contributed by atoms with E-state index in [4.69, 9.17) is 9.47 Å². The van der Waals surface area contributed by atoms with E-state index in [1.165, 1.54) is 6.33 Å². The maximum Gasteiger partial charge on any atom is 0.224 e. The second-order valence-corrected chi connectivity index (χ2v) is 4.80. The lowest BCUT2D eigenvalue weighted by Crippen LogP contribution is -2.32. The Morgan fingerprint density at radius 2 is 1.78 bits per heavy atom. The van der Waals surface area contributed by atoms with Crippen LogP contribution in [0.25, 0.3) is 0 Å². The number of ether oxygens (including phenoxy) is 2. The average Bonchev–Trinajstić information content (AvgIpc) is 2.38. The highest BCUT2D eigenvalue weighted by molar-refractivity contribution is 5.34. The van der Waals surface area contributed by atoms with Crippen LogP contribution in [-0.4, -0.2) is 42.4 Å². The zero-order valence-electron chi connectivity index (χ0n) is 11.4. The lowest BCUT2D eigenvalue weighted by molar-refractivity contribution is 0.156. The lowest BCUT2D eigenvalue weighted by atomic mass is 9.95. The summed E-state index contributed by atoms with van der Waals surface area (Å²) in [5.74, 6) is 0.993. The SMILES string of the molecule is COc1ncnc(OC)c1CNCC(C)(C)CO. The number of methoxy groups -OCH3 is 2. The third kappa shape index (κ3) is 3.82. The van der Waals surface area contributed by atoms with Crippen molar-refractivity contribution in [3.8, 4) is 11.8 Å². The molecule has 0 fully saturated rings. The van der Waals surface area contributed by atoms with Crippen molar-refractivity contribution in [2.45, 2.75) is 20.4 Å². The van der Waals surface area contributed by atoms with Crippen LogP contribution in [0.1, 0.15) is 19.4 Å². The Bertz CT molecular complexity index is 361. The van der Waals surface area contributed by atoms with Gasteiger partial charge in [-0.25, -0.2) is 9.97 Å². The number of nitrogens with zero attached hydrogens (tertiary/aromatic N) is 2. The van der Waals surface area contributed by atoms with Crippen LogP contribution in [0.4, 0.5) is 0 Å². The minimum atomic E-state index is -0.171. The molecule has 6 nitrogen and oxygen atoms in total. The van der Waals surface area contributed by atoms with Crippen molar-refractivity contribution in [1.82, 2.24) is 15.3 Å². The van der Waals surface area contributed by atoms with Gasteiger partial charge in [-0.1, -0.05) is 13.8 Å². The number of aliphatic hydroxyl groups excluding tert-OH is 1.